The van der Waals surface area contributed by atoms with Gasteiger partial charge in [-0.1, -0.05) is 11.6 Å². The van der Waals surface area contributed by atoms with Crippen LogP contribution in [0.1, 0.15) is 58.8 Å². The minimum atomic E-state index is -4.77. The smallest absolute Gasteiger partial charge is 0.391 e. The van der Waals surface area contributed by atoms with Crippen molar-refractivity contribution in [1.29, 1.82) is 0 Å². The molecule has 1 saturated carbocycles. The van der Waals surface area contributed by atoms with Crippen molar-refractivity contribution in [2.75, 3.05) is 5.32 Å². The van der Waals surface area contributed by atoms with Crippen molar-refractivity contribution >= 4 is 28.6 Å². The van der Waals surface area contributed by atoms with Crippen molar-refractivity contribution in [2.24, 2.45) is 0 Å². The van der Waals surface area contributed by atoms with Crippen molar-refractivity contribution in [3.05, 3.63) is 35.0 Å². The number of aliphatic hydroxyl groups excluding tert-OH is 1. The van der Waals surface area contributed by atoms with Gasteiger partial charge in [0.05, 0.1) is 40.7 Å². The topological polar surface area (TPSA) is 105 Å². The van der Waals surface area contributed by atoms with Crippen molar-refractivity contribution in [1.82, 2.24) is 19.5 Å². The summed E-state index contributed by atoms with van der Waals surface area (Å²) in [4.78, 5) is 12.9. The average molecular weight is 546 g/mol. The van der Waals surface area contributed by atoms with Crippen LogP contribution in [0.5, 0.6) is 0 Å². The van der Waals surface area contributed by atoms with E-state index in [-0.39, 0.29) is 47.5 Å². The van der Waals surface area contributed by atoms with E-state index in [1.807, 2.05) is 13.8 Å². The Labute approximate surface area is 215 Å². The van der Waals surface area contributed by atoms with E-state index in [0.29, 0.717) is 16.9 Å². The van der Waals surface area contributed by atoms with E-state index < -0.39 is 36.0 Å². The summed E-state index contributed by atoms with van der Waals surface area (Å²) in [7, 11) is 0. The fourth-order valence-corrected chi connectivity index (χ4v) is 4.82. The Morgan fingerprint density at radius 2 is 1.89 bits per heavy atom. The van der Waals surface area contributed by atoms with Crippen LogP contribution in [0.2, 0.25) is 5.02 Å². The number of hydrogen-bond donors (Lipinski definition) is 3. The van der Waals surface area contributed by atoms with Gasteiger partial charge in [0.2, 0.25) is 5.95 Å². The SMILES string of the molecule is CC(C)n1c(C(C)(C)O)nc2c(F)cc(-c3nc(N[C@@H]4CC[C@@H](OC(F)(F)F)C[C@H]4O)ncc3Cl)cc21. The highest BCUT2D eigenvalue weighted by Crippen LogP contribution is 2.35. The summed E-state index contributed by atoms with van der Waals surface area (Å²) in [6.07, 6.45) is -5.64. The van der Waals surface area contributed by atoms with Crippen LogP contribution in [0.15, 0.2) is 18.3 Å². The van der Waals surface area contributed by atoms with Crippen molar-refractivity contribution in [2.45, 2.75) is 83.2 Å². The van der Waals surface area contributed by atoms with Crippen LogP contribution in [0.4, 0.5) is 23.5 Å². The molecule has 8 nitrogen and oxygen atoms in total. The Morgan fingerprint density at radius 3 is 2.49 bits per heavy atom. The molecule has 3 aromatic rings. The summed E-state index contributed by atoms with van der Waals surface area (Å²) in [5, 5.41) is 24.0. The third kappa shape index (κ3) is 5.97. The third-order valence-corrected chi connectivity index (χ3v) is 6.49. The average Bonchev–Trinajstić information content (AvgIpc) is 3.17. The maximum Gasteiger partial charge on any atom is 0.522 e. The number of aliphatic hydroxyl groups is 2. The lowest BCUT2D eigenvalue weighted by Crippen LogP contribution is -2.43. The number of aromatic nitrogens is 4. The third-order valence-electron chi connectivity index (χ3n) is 6.21. The van der Waals surface area contributed by atoms with Gasteiger partial charge in [0.15, 0.2) is 5.82 Å². The molecule has 1 aliphatic rings. The highest BCUT2D eigenvalue weighted by molar-refractivity contribution is 6.33. The minimum absolute atomic E-state index is 0.0775. The molecule has 0 radical (unpaired) electrons. The van der Waals surface area contributed by atoms with Gasteiger partial charge in [-0.25, -0.2) is 19.3 Å². The summed E-state index contributed by atoms with van der Waals surface area (Å²) >= 11 is 6.36. The first-order valence-electron chi connectivity index (χ1n) is 11.8. The Kier molecular flexibility index (Phi) is 7.41. The van der Waals surface area contributed by atoms with Gasteiger partial charge < -0.3 is 20.1 Å². The maximum absolute atomic E-state index is 15.2. The first kappa shape index (κ1) is 27.5. The number of nitrogens with zero attached hydrogens (tertiary/aromatic N) is 4. The van der Waals surface area contributed by atoms with E-state index in [2.05, 4.69) is 25.0 Å². The second-order valence-corrected chi connectivity index (χ2v) is 10.4. The predicted molar refractivity (Wildman–Crippen MR) is 130 cm³/mol. The summed E-state index contributed by atoms with van der Waals surface area (Å²) in [6.45, 7) is 6.92. The minimum Gasteiger partial charge on any atom is -0.391 e. The fraction of sp³-hybridized carbons (Fsp3) is 0.542. The van der Waals surface area contributed by atoms with Gasteiger partial charge in [-0.15, -0.1) is 13.2 Å². The molecule has 13 heteroatoms. The number of anilines is 1. The Bertz CT molecular complexity index is 1290. The highest BCUT2D eigenvalue weighted by Gasteiger charge is 2.38. The van der Waals surface area contributed by atoms with Gasteiger partial charge in [0, 0.05) is 18.0 Å². The molecule has 0 saturated heterocycles. The fourth-order valence-electron chi connectivity index (χ4n) is 4.62. The Balaban J connectivity index is 1.65. The van der Waals surface area contributed by atoms with Crippen LogP contribution in [0, 0.1) is 5.82 Å². The standard InChI is InChI=1S/C24H28ClF4N5O3/c1-11(2)34-17-8-12(7-15(26)20(17)32-21(34)23(3,4)36)19-14(25)10-30-22(33-19)31-16-6-5-13(9-18(16)35)37-24(27,28)29/h7-8,10-11,13,16,18,35-36H,5-6,9H2,1-4H3,(H,30,31,33)/t13-,16-,18-/m1/s1. The van der Waals surface area contributed by atoms with Crippen LogP contribution in [-0.2, 0) is 10.3 Å². The van der Waals surface area contributed by atoms with E-state index in [4.69, 9.17) is 11.6 Å². The zero-order valence-electron chi connectivity index (χ0n) is 20.6. The number of halogens is 5. The molecule has 1 aliphatic carbocycles. The van der Waals surface area contributed by atoms with Crippen LogP contribution >= 0.6 is 11.6 Å². The molecule has 3 N–H and O–H groups in total. The molecule has 0 amide bonds. The molecule has 202 valence electrons. The number of fused-ring (bicyclic) bond motifs is 1. The summed E-state index contributed by atoms with van der Waals surface area (Å²) in [5.41, 5.74) is -0.217. The van der Waals surface area contributed by atoms with E-state index in [9.17, 15) is 23.4 Å². The second-order valence-electron chi connectivity index (χ2n) is 9.99. The first-order valence-corrected chi connectivity index (χ1v) is 12.2. The Morgan fingerprint density at radius 1 is 1.19 bits per heavy atom. The molecule has 1 aromatic carbocycles. The molecule has 2 aromatic heterocycles. The van der Waals surface area contributed by atoms with Gasteiger partial charge in [0.25, 0.3) is 0 Å². The van der Waals surface area contributed by atoms with E-state index in [1.54, 1.807) is 24.5 Å². The molecule has 37 heavy (non-hydrogen) atoms. The van der Waals surface area contributed by atoms with Gasteiger partial charge in [0.1, 0.15) is 16.9 Å². The van der Waals surface area contributed by atoms with Crippen LogP contribution < -0.4 is 5.32 Å². The molecule has 3 atom stereocenters. The molecule has 0 spiro atoms. The molecule has 2 heterocycles. The summed E-state index contributed by atoms with van der Waals surface area (Å²) in [6, 6.07) is 2.16. The van der Waals surface area contributed by atoms with Gasteiger partial charge in [-0.05, 0) is 52.7 Å². The number of rotatable bonds is 6. The Hall–Kier alpha value is -2.54. The summed E-state index contributed by atoms with van der Waals surface area (Å²) in [5.74, 6) is -0.238. The molecule has 4 rings (SSSR count). The quantitative estimate of drug-likeness (QED) is 0.360. The number of alkyl halides is 3. The zero-order valence-corrected chi connectivity index (χ0v) is 21.4. The molecule has 1 fully saturated rings. The van der Waals surface area contributed by atoms with Gasteiger partial charge >= 0.3 is 6.36 Å². The molecule has 0 unspecified atom stereocenters. The number of imidazole rings is 1. The lowest BCUT2D eigenvalue weighted by Gasteiger charge is -2.33. The van der Waals surface area contributed by atoms with Crippen LogP contribution in [-0.4, -0.2) is 54.3 Å². The maximum atomic E-state index is 15.2. The first-order chi connectivity index (χ1) is 17.1. The van der Waals surface area contributed by atoms with Gasteiger partial charge in [-0.3, -0.25) is 4.74 Å². The lowest BCUT2D eigenvalue weighted by atomic mass is 9.90. The zero-order chi connectivity index (χ0) is 27.3. The number of ether oxygens (including phenoxy) is 1. The second kappa shape index (κ2) is 9.97. The van der Waals surface area contributed by atoms with Gasteiger partial charge in [-0.2, -0.15) is 0 Å². The van der Waals surface area contributed by atoms with E-state index in [1.165, 1.54) is 12.3 Å². The molecular weight excluding hydrogens is 518 g/mol. The monoisotopic (exact) mass is 545 g/mol. The molecule has 0 aliphatic heterocycles. The summed E-state index contributed by atoms with van der Waals surface area (Å²) < 4.78 is 58.5. The van der Waals surface area contributed by atoms with Crippen LogP contribution in [0.3, 0.4) is 0 Å². The van der Waals surface area contributed by atoms with Crippen molar-refractivity contribution in [3.8, 4) is 11.3 Å². The number of nitrogens with one attached hydrogen (secondary N) is 1. The molecular formula is C24H28ClF4N5O3. The largest absolute Gasteiger partial charge is 0.522 e. The lowest BCUT2D eigenvalue weighted by molar-refractivity contribution is -0.347. The number of hydrogen-bond acceptors (Lipinski definition) is 7. The normalized spacial score (nSPS) is 21.1. The van der Waals surface area contributed by atoms with E-state index >= 15 is 4.39 Å². The van der Waals surface area contributed by atoms with Crippen molar-refractivity contribution in [3.63, 3.8) is 0 Å². The van der Waals surface area contributed by atoms with Crippen molar-refractivity contribution < 1.29 is 32.5 Å². The number of benzene rings is 1. The van der Waals surface area contributed by atoms with Crippen LogP contribution in [0.25, 0.3) is 22.3 Å². The molecule has 0 bridgehead atoms. The highest BCUT2D eigenvalue weighted by atomic mass is 35.5. The predicted octanol–water partition coefficient (Wildman–Crippen LogP) is 5.32. The van der Waals surface area contributed by atoms with E-state index in [0.717, 1.165) is 0 Å².